The van der Waals surface area contributed by atoms with Gasteiger partial charge in [0.1, 0.15) is 11.3 Å². The van der Waals surface area contributed by atoms with Crippen molar-refractivity contribution in [3.8, 4) is 0 Å². The topological polar surface area (TPSA) is 74.3 Å². The highest BCUT2D eigenvalue weighted by atomic mass is 79.9. The highest BCUT2D eigenvalue weighted by molar-refractivity contribution is 9.10. The van der Waals surface area contributed by atoms with E-state index in [0.29, 0.717) is 23.7 Å². The molecule has 142 valence electrons. The van der Waals surface area contributed by atoms with Crippen molar-refractivity contribution in [2.45, 2.75) is 19.9 Å². The summed E-state index contributed by atoms with van der Waals surface area (Å²) >= 11 is 3.43. The van der Waals surface area contributed by atoms with Crippen LogP contribution in [0.5, 0.6) is 0 Å². The molecule has 0 saturated heterocycles. The zero-order chi connectivity index (χ0) is 19.7. The third kappa shape index (κ3) is 3.45. The van der Waals surface area contributed by atoms with Crippen molar-refractivity contribution in [1.82, 2.24) is 9.78 Å². The van der Waals surface area contributed by atoms with E-state index in [9.17, 15) is 9.59 Å². The van der Waals surface area contributed by atoms with Crippen molar-refractivity contribution < 1.29 is 13.9 Å². The van der Waals surface area contributed by atoms with Crippen molar-refractivity contribution >= 4 is 43.6 Å². The van der Waals surface area contributed by atoms with Crippen LogP contribution >= 0.6 is 15.9 Å². The lowest BCUT2D eigenvalue weighted by Gasteiger charge is -2.09. The molecule has 4 aromatic rings. The molecule has 0 amide bonds. The summed E-state index contributed by atoms with van der Waals surface area (Å²) in [5.41, 5.74) is 0.709. The van der Waals surface area contributed by atoms with Crippen LogP contribution in [0, 0.1) is 0 Å². The monoisotopic (exact) mass is 440 g/mol. The quantitative estimate of drug-likeness (QED) is 0.431. The Bertz CT molecular complexity index is 1240. The Labute approximate surface area is 168 Å². The Morgan fingerprint density at radius 2 is 1.96 bits per heavy atom. The lowest BCUT2D eigenvalue weighted by Crippen LogP contribution is -2.26. The molecule has 0 unspecified atom stereocenters. The molecule has 0 fully saturated rings. The van der Waals surface area contributed by atoms with Gasteiger partial charge in [-0.2, -0.15) is 5.10 Å². The zero-order valence-electron chi connectivity index (χ0n) is 15.1. The van der Waals surface area contributed by atoms with Gasteiger partial charge in [-0.1, -0.05) is 34.1 Å². The van der Waals surface area contributed by atoms with E-state index in [4.69, 9.17) is 9.15 Å². The maximum Gasteiger partial charge on any atom is 0.359 e. The highest BCUT2D eigenvalue weighted by Gasteiger charge is 2.17. The van der Waals surface area contributed by atoms with Gasteiger partial charge < -0.3 is 9.15 Å². The normalized spacial score (nSPS) is 11.2. The molecular formula is C21H17BrN2O4. The van der Waals surface area contributed by atoms with Crippen LogP contribution in [0.15, 0.2) is 62.2 Å². The molecule has 0 saturated carbocycles. The number of ether oxygens (including phenoxy) is 1. The number of fused-ring (bicyclic) bond motifs is 2. The molecule has 0 N–H and O–H groups in total. The van der Waals surface area contributed by atoms with E-state index in [2.05, 4.69) is 21.0 Å². The highest BCUT2D eigenvalue weighted by Crippen LogP contribution is 2.23. The molecule has 0 aliphatic heterocycles. The van der Waals surface area contributed by atoms with Crippen LogP contribution in [-0.4, -0.2) is 22.4 Å². The zero-order valence-corrected chi connectivity index (χ0v) is 16.7. The van der Waals surface area contributed by atoms with Gasteiger partial charge >= 0.3 is 5.97 Å². The summed E-state index contributed by atoms with van der Waals surface area (Å²) in [6, 6.07) is 14.6. The van der Waals surface area contributed by atoms with Gasteiger partial charge in [0.2, 0.25) is 0 Å². The van der Waals surface area contributed by atoms with Gasteiger partial charge in [0.15, 0.2) is 5.69 Å². The first kappa shape index (κ1) is 18.4. The number of halogens is 1. The van der Waals surface area contributed by atoms with Gasteiger partial charge in [-0.25, -0.2) is 9.48 Å². The standard InChI is InChI=1S/C21H17BrN2O4/c1-2-24-20(25)17-6-4-3-5-16(17)19(23-24)21(26)27-10-9-15-12-13-11-14(22)7-8-18(13)28-15/h3-8,11-12H,2,9-10H2,1H3. The van der Waals surface area contributed by atoms with E-state index in [1.54, 1.807) is 31.2 Å². The van der Waals surface area contributed by atoms with E-state index in [-0.39, 0.29) is 17.9 Å². The number of hydrogen-bond donors (Lipinski definition) is 0. The van der Waals surface area contributed by atoms with Crippen LogP contribution in [-0.2, 0) is 17.7 Å². The van der Waals surface area contributed by atoms with E-state index < -0.39 is 5.97 Å². The Hall–Kier alpha value is -2.93. The number of hydrogen-bond acceptors (Lipinski definition) is 5. The fraction of sp³-hybridized carbons (Fsp3) is 0.190. The fourth-order valence-electron chi connectivity index (χ4n) is 3.11. The summed E-state index contributed by atoms with van der Waals surface area (Å²) in [5, 5.41) is 6.12. The second-order valence-corrected chi connectivity index (χ2v) is 7.21. The van der Waals surface area contributed by atoms with Gasteiger partial charge in [-0.3, -0.25) is 4.79 Å². The van der Waals surface area contributed by atoms with Crippen molar-refractivity contribution in [1.29, 1.82) is 0 Å². The summed E-state index contributed by atoms with van der Waals surface area (Å²) in [6.45, 7) is 2.33. The number of rotatable bonds is 5. The Balaban J connectivity index is 1.53. The largest absolute Gasteiger partial charge is 0.461 e. The van der Waals surface area contributed by atoms with Crippen molar-refractivity contribution in [2.75, 3.05) is 6.61 Å². The minimum Gasteiger partial charge on any atom is -0.461 e. The van der Waals surface area contributed by atoms with Crippen LogP contribution in [0.3, 0.4) is 0 Å². The van der Waals surface area contributed by atoms with Crippen molar-refractivity contribution in [3.05, 3.63) is 74.8 Å². The summed E-state index contributed by atoms with van der Waals surface area (Å²) in [7, 11) is 0. The molecule has 2 aromatic carbocycles. The summed E-state index contributed by atoms with van der Waals surface area (Å²) in [5.74, 6) is 0.175. The third-order valence-corrected chi connectivity index (χ3v) is 4.96. The molecule has 2 aromatic heterocycles. The molecule has 0 radical (unpaired) electrons. The van der Waals surface area contributed by atoms with Crippen LogP contribution in [0.2, 0.25) is 0 Å². The SMILES string of the molecule is CCn1nc(C(=O)OCCc2cc3cc(Br)ccc3o2)c2ccccc2c1=O. The Morgan fingerprint density at radius 1 is 1.18 bits per heavy atom. The third-order valence-electron chi connectivity index (χ3n) is 4.47. The second kappa shape index (κ2) is 7.59. The Morgan fingerprint density at radius 3 is 2.75 bits per heavy atom. The molecule has 0 aliphatic rings. The number of nitrogens with zero attached hydrogens (tertiary/aromatic N) is 2. The summed E-state index contributed by atoms with van der Waals surface area (Å²) in [6.07, 6.45) is 0.448. The van der Waals surface area contributed by atoms with Gasteiger partial charge in [0, 0.05) is 28.2 Å². The Kier molecular flexibility index (Phi) is 5.00. The molecule has 28 heavy (non-hydrogen) atoms. The predicted octanol–water partition coefficient (Wildman–Crippen LogP) is 4.32. The number of benzene rings is 2. The van der Waals surface area contributed by atoms with Crippen LogP contribution in [0.4, 0.5) is 0 Å². The van der Waals surface area contributed by atoms with E-state index in [0.717, 1.165) is 21.2 Å². The fourth-order valence-corrected chi connectivity index (χ4v) is 3.48. The molecule has 6 nitrogen and oxygen atoms in total. The maximum absolute atomic E-state index is 12.6. The number of carbonyl (C=O) groups excluding carboxylic acids is 1. The predicted molar refractivity (Wildman–Crippen MR) is 110 cm³/mol. The minimum absolute atomic E-state index is 0.144. The lowest BCUT2D eigenvalue weighted by atomic mass is 10.1. The van der Waals surface area contributed by atoms with Crippen molar-refractivity contribution in [3.63, 3.8) is 0 Å². The minimum atomic E-state index is -0.558. The van der Waals surface area contributed by atoms with E-state index in [1.165, 1.54) is 4.68 Å². The number of aryl methyl sites for hydroxylation is 1. The first-order chi connectivity index (χ1) is 13.6. The lowest BCUT2D eigenvalue weighted by molar-refractivity contribution is 0.0498. The molecule has 0 atom stereocenters. The van der Waals surface area contributed by atoms with Crippen LogP contribution in [0.1, 0.15) is 23.2 Å². The van der Waals surface area contributed by atoms with Crippen LogP contribution < -0.4 is 5.56 Å². The van der Waals surface area contributed by atoms with E-state index in [1.807, 2.05) is 24.3 Å². The molecule has 0 aliphatic carbocycles. The first-order valence-electron chi connectivity index (χ1n) is 8.92. The van der Waals surface area contributed by atoms with E-state index >= 15 is 0 Å². The van der Waals surface area contributed by atoms with Gasteiger partial charge in [-0.05, 0) is 37.3 Å². The average molecular weight is 441 g/mol. The molecule has 4 rings (SSSR count). The summed E-state index contributed by atoms with van der Waals surface area (Å²) < 4.78 is 13.4. The number of carbonyl (C=O) groups is 1. The molecular weight excluding hydrogens is 424 g/mol. The second-order valence-electron chi connectivity index (χ2n) is 6.30. The maximum atomic E-state index is 12.6. The van der Waals surface area contributed by atoms with Gasteiger partial charge in [0.25, 0.3) is 5.56 Å². The number of aromatic nitrogens is 2. The van der Waals surface area contributed by atoms with Gasteiger partial charge in [0.05, 0.1) is 12.0 Å². The molecule has 7 heteroatoms. The smallest absolute Gasteiger partial charge is 0.359 e. The summed E-state index contributed by atoms with van der Waals surface area (Å²) in [4.78, 5) is 25.0. The van der Waals surface area contributed by atoms with Gasteiger partial charge in [-0.15, -0.1) is 0 Å². The molecule has 0 bridgehead atoms. The van der Waals surface area contributed by atoms with Crippen LogP contribution in [0.25, 0.3) is 21.7 Å². The number of esters is 1. The number of furan rings is 1. The molecule has 2 heterocycles. The average Bonchev–Trinajstić information content (AvgIpc) is 3.10. The molecule has 0 spiro atoms. The first-order valence-corrected chi connectivity index (χ1v) is 9.71. The van der Waals surface area contributed by atoms with Crippen molar-refractivity contribution in [2.24, 2.45) is 0 Å².